The highest BCUT2D eigenvalue weighted by Crippen LogP contribution is 2.48. The van der Waals surface area contributed by atoms with Crippen molar-refractivity contribution in [2.24, 2.45) is 23.7 Å². The van der Waals surface area contributed by atoms with Crippen LogP contribution in [0.3, 0.4) is 0 Å². The molecule has 0 aromatic carbocycles. The second kappa shape index (κ2) is 4.39. The van der Waals surface area contributed by atoms with Crippen molar-refractivity contribution in [1.29, 1.82) is 0 Å². The van der Waals surface area contributed by atoms with Crippen LogP contribution in [0.25, 0.3) is 0 Å². The molecule has 1 saturated carbocycles. The van der Waals surface area contributed by atoms with Gasteiger partial charge in [-0.3, -0.25) is 9.59 Å². The molecule has 0 radical (unpaired) electrons. The van der Waals surface area contributed by atoms with Gasteiger partial charge in [0, 0.05) is 13.1 Å². The van der Waals surface area contributed by atoms with Crippen LogP contribution >= 0.6 is 0 Å². The van der Waals surface area contributed by atoms with Crippen molar-refractivity contribution < 1.29 is 19.4 Å². The van der Waals surface area contributed by atoms with Gasteiger partial charge in [-0.05, 0) is 18.3 Å². The molecule has 0 aromatic heterocycles. The lowest BCUT2D eigenvalue weighted by molar-refractivity contribution is -0.152. The predicted octanol–water partition coefficient (Wildman–Crippen LogP) is 0.368. The van der Waals surface area contributed by atoms with E-state index in [2.05, 4.69) is 0 Å². The molecule has 0 spiro atoms. The summed E-state index contributed by atoms with van der Waals surface area (Å²) >= 11 is 0. The number of amides is 1. The maximum absolute atomic E-state index is 12.5. The zero-order valence-corrected chi connectivity index (χ0v) is 10.1. The summed E-state index contributed by atoms with van der Waals surface area (Å²) in [5.41, 5.74) is 0. The molecule has 4 atom stereocenters. The standard InChI is InChI=1S/C13H17NO4/c15-12(14-3-5-18-6-4-14)10-8-1-2-9(7-8)11(10)13(16)17/h1-2,8-11H,3-7H2,(H,16,17)/t8-,9-,10-,11-/m0/s1. The first kappa shape index (κ1) is 11.7. The van der Waals surface area contributed by atoms with Crippen molar-refractivity contribution in [1.82, 2.24) is 4.90 Å². The summed E-state index contributed by atoms with van der Waals surface area (Å²) in [5.74, 6) is -1.57. The number of carboxylic acid groups (broad SMARTS) is 1. The summed E-state index contributed by atoms with van der Waals surface area (Å²) in [6, 6.07) is 0. The topological polar surface area (TPSA) is 66.8 Å². The van der Waals surface area contributed by atoms with Gasteiger partial charge >= 0.3 is 5.97 Å². The molecule has 1 N–H and O–H groups in total. The highest BCUT2D eigenvalue weighted by atomic mass is 16.5. The number of carbonyl (C=O) groups is 2. The number of hydrogen-bond donors (Lipinski definition) is 1. The van der Waals surface area contributed by atoms with Crippen LogP contribution in [0.1, 0.15) is 6.42 Å². The van der Waals surface area contributed by atoms with E-state index in [1.807, 2.05) is 12.2 Å². The molecule has 1 amide bonds. The highest BCUT2D eigenvalue weighted by Gasteiger charge is 2.52. The number of carbonyl (C=O) groups excluding carboxylic acids is 1. The number of rotatable bonds is 2. The van der Waals surface area contributed by atoms with Gasteiger partial charge in [0.15, 0.2) is 0 Å². The Morgan fingerprint density at radius 3 is 2.33 bits per heavy atom. The number of fused-ring (bicyclic) bond motifs is 2. The number of nitrogens with zero attached hydrogens (tertiary/aromatic N) is 1. The van der Waals surface area contributed by atoms with Crippen LogP contribution in [-0.4, -0.2) is 48.2 Å². The molecule has 0 unspecified atom stereocenters. The third-order valence-electron chi connectivity index (χ3n) is 4.35. The third kappa shape index (κ3) is 1.73. The van der Waals surface area contributed by atoms with Crippen LogP contribution in [-0.2, 0) is 14.3 Å². The van der Waals surface area contributed by atoms with E-state index in [1.165, 1.54) is 0 Å². The highest BCUT2D eigenvalue weighted by molar-refractivity contribution is 5.87. The minimum atomic E-state index is -0.835. The van der Waals surface area contributed by atoms with E-state index in [9.17, 15) is 14.7 Å². The largest absolute Gasteiger partial charge is 0.481 e. The van der Waals surface area contributed by atoms with Crippen LogP contribution < -0.4 is 0 Å². The molecule has 2 aliphatic carbocycles. The van der Waals surface area contributed by atoms with Gasteiger partial charge in [0.05, 0.1) is 25.0 Å². The number of allylic oxidation sites excluding steroid dienone is 2. The minimum Gasteiger partial charge on any atom is -0.481 e. The van der Waals surface area contributed by atoms with Crippen molar-refractivity contribution >= 4 is 11.9 Å². The van der Waals surface area contributed by atoms with Gasteiger partial charge in [-0.25, -0.2) is 0 Å². The van der Waals surface area contributed by atoms with Gasteiger partial charge in [0.25, 0.3) is 0 Å². The lowest BCUT2D eigenvalue weighted by Crippen LogP contribution is -2.47. The first-order valence-corrected chi connectivity index (χ1v) is 6.46. The monoisotopic (exact) mass is 251 g/mol. The Hall–Kier alpha value is -1.36. The van der Waals surface area contributed by atoms with E-state index in [4.69, 9.17) is 4.74 Å². The van der Waals surface area contributed by atoms with Crippen molar-refractivity contribution in [3.8, 4) is 0 Å². The summed E-state index contributed by atoms with van der Waals surface area (Å²) in [6.45, 7) is 2.28. The molecule has 98 valence electrons. The Balaban J connectivity index is 1.79. The van der Waals surface area contributed by atoms with Crippen molar-refractivity contribution in [3.05, 3.63) is 12.2 Å². The van der Waals surface area contributed by atoms with E-state index in [0.717, 1.165) is 6.42 Å². The quantitative estimate of drug-likeness (QED) is 0.720. The van der Waals surface area contributed by atoms with Crippen molar-refractivity contribution in [2.75, 3.05) is 26.3 Å². The Morgan fingerprint density at radius 2 is 1.72 bits per heavy atom. The van der Waals surface area contributed by atoms with Gasteiger partial charge in [0.1, 0.15) is 0 Å². The first-order chi connectivity index (χ1) is 8.68. The van der Waals surface area contributed by atoms with Gasteiger partial charge in [-0.1, -0.05) is 12.2 Å². The maximum Gasteiger partial charge on any atom is 0.307 e. The second-order valence-corrected chi connectivity index (χ2v) is 5.28. The molecular formula is C13H17NO4. The average molecular weight is 251 g/mol. The molecule has 18 heavy (non-hydrogen) atoms. The molecule has 1 heterocycles. The van der Waals surface area contributed by atoms with Crippen LogP contribution in [0, 0.1) is 23.7 Å². The molecule has 2 fully saturated rings. The molecule has 2 bridgehead atoms. The lowest BCUT2D eigenvalue weighted by atomic mass is 9.82. The van der Waals surface area contributed by atoms with Gasteiger partial charge in [0.2, 0.25) is 5.91 Å². The van der Waals surface area contributed by atoms with Crippen LogP contribution in [0.4, 0.5) is 0 Å². The number of hydrogen-bond acceptors (Lipinski definition) is 3. The molecule has 0 aromatic rings. The second-order valence-electron chi connectivity index (χ2n) is 5.28. The lowest BCUT2D eigenvalue weighted by Gasteiger charge is -2.33. The summed E-state index contributed by atoms with van der Waals surface area (Å²) in [7, 11) is 0. The Morgan fingerprint density at radius 1 is 1.11 bits per heavy atom. The minimum absolute atomic E-state index is 0.00236. The molecule has 3 aliphatic rings. The molecule has 3 rings (SSSR count). The number of ether oxygens (including phenoxy) is 1. The zero-order chi connectivity index (χ0) is 12.7. The van der Waals surface area contributed by atoms with Crippen molar-refractivity contribution in [3.63, 3.8) is 0 Å². The molecule has 5 nitrogen and oxygen atoms in total. The Kier molecular flexibility index (Phi) is 2.86. The van der Waals surface area contributed by atoms with E-state index >= 15 is 0 Å². The smallest absolute Gasteiger partial charge is 0.307 e. The Bertz CT molecular complexity index is 400. The number of morpholine rings is 1. The van der Waals surface area contributed by atoms with Crippen molar-refractivity contribution in [2.45, 2.75) is 6.42 Å². The molecule has 1 aliphatic heterocycles. The Labute approximate surface area is 105 Å². The SMILES string of the molecule is O=C(O)[C@@H]1[C@@H](C(=O)N2CCOCC2)[C@H]2C=C[C@H]1C2. The normalized spacial score (nSPS) is 38.1. The number of carboxylic acids is 1. The third-order valence-corrected chi connectivity index (χ3v) is 4.35. The maximum atomic E-state index is 12.5. The van der Waals surface area contributed by atoms with Crippen LogP contribution in [0.15, 0.2) is 12.2 Å². The molecule has 1 saturated heterocycles. The van der Waals surface area contributed by atoms with Gasteiger partial charge in [-0.2, -0.15) is 0 Å². The van der Waals surface area contributed by atoms with Crippen LogP contribution in [0.2, 0.25) is 0 Å². The zero-order valence-electron chi connectivity index (χ0n) is 10.1. The number of aliphatic carboxylic acids is 1. The predicted molar refractivity (Wildman–Crippen MR) is 62.8 cm³/mol. The molecule has 5 heteroatoms. The summed E-state index contributed by atoms with van der Waals surface area (Å²) in [4.78, 5) is 25.6. The van der Waals surface area contributed by atoms with E-state index in [-0.39, 0.29) is 23.7 Å². The fourth-order valence-electron chi connectivity index (χ4n) is 3.49. The summed E-state index contributed by atoms with van der Waals surface area (Å²) < 4.78 is 5.22. The van der Waals surface area contributed by atoms with Gasteiger partial charge in [-0.15, -0.1) is 0 Å². The summed E-state index contributed by atoms with van der Waals surface area (Å²) in [5, 5.41) is 9.32. The van der Waals surface area contributed by atoms with Crippen LogP contribution in [0.5, 0.6) is 0 Å². The van der Waals surface area contributed by atoms with E-state index < -0.39 is 11.9 Å². The first-order valence-electron chi connectivity index (χ1n) is 6.46. The van der Waals surface area contributed by atoms with E-state index in [0.29, 0.717) is 26.3 Å². The molecular weight excluding hydrogens is 234 g/mol. The fourth-order valence-corrected chi connectivity index (χ4v) is 3.49. The van der Waals surface area contributed by atoms with E-state index in [1.54, 1.807) is 4.90 Å². The fraction of sp³-hybridized carbons (Fsp3) is 0.692. The summed E-state index contributed by atoms with van der Waals surface area (Å²) in [6.07, 6.45) is 4.80. The van der Waals surface area contributed by atoms with Gasteiger partial charge < -0.3 is 14.7 Å². The average Bonchev–Trinajstić information content (AvgIpc) is 2.99.